The van der Waals surface area contributed by atoms with Crippen molar-refractivity contribution in [2.75, 3.05) is 79.8 Å². The van der Waals surface area contributed by atoms with Gasteiger partial charge in [-0.05, 0) is 149 Å². The van der Waals surface area contributed by atoms with Crippen LogP contribution in [0.1, 0.15) is 143 Å². The Hall–Kier alpha value is -8.49. The van der Waals surface area contributed by atoms with Gasteiger partial charge in [-0.2, -0.15) is 5.26 Å². The average molecular weight is 1680 g/mol. The second-order valence-corrected chi connectivity index (χ2v) is 33.5. The summed E-state index contributed by atoms with van der Waals surface area (Å²) in [6.45, 7) is 11.8. The van der Waals surface area contributed by atoms with Crippen LogP contribution in [0.4, 0.5) is 0 Å². The van der Waals surface area contributed by atoms with Crippen LogP contribution in [0, 0.1) is 63.0 Å². The van der Waals surface area contributed by atoms with E-state index in [1.807, 2.05) is 83.3 Å². The Morgan fingerprint density at radius 3 is 1.45 bits per heavy atom. The van der Waals surface area contributed by atoms with Crippen LogP contribution in [-0.4, -0.2) is 196 Å². The fourth-order valence-corrected chi connectivity index (χ4v) is 24.6. The number of carbonyl (C=O) groups excluding carboxylic acids is 2. The summed E-state index contributed by atoms with van der Waals surface area (Å²) >= 11 is 3.21. The number of carbonyl (C=O) groups is 2. The van der Waals surface area contributed by atoms with Gasteiger partial charge in [0, 0.05) is 119 Å². The summed E-state index contributed by atoms with van der Waals surface area (Å²) in [5, 5.41) is 90.8. The molecule has 8 bridgehead atoms. The minimum Gasteiger partial charge on any atom is -0.504 e. The molecule has 28 nitrogen and oxygen atoms in total. The number of phenols is 2. The molecule has 113 heavy (non-hydrogen) atoms. The molecule has 14 aliphatic rings. The number of methoxy groups -OCH3 is 2. The Balaban J connectivity index is 0.000000160. The molecule has 2 spiro atoms. The maximum Gasteiger partial charge on any atom is 0.335 e. The standard InChI is InChI=1S/C41H42N4O8S.C40H43N3O9S.CH4.Ag.HNO3/c1-18-10-21-11-25-26(13-42)45-27-15-50-40(48)41(39-24(12-22(14-46)43-41)23-8-6-7-9-28(23)53-39)16-54-38(29-19(2)20(3)36-37(31(27)29)52-17-51-36)33(45)32(44(25)4)30(21)34(47)35(18)49-5;1-17-10-20-11-24-38(46)43-25-14-49-39(47)40(37-23(12-21(13-44)41-40)22-8-6-7-9-26(22)52-37)15-53-36(27-18(2)19(3)34-35(29(25)27)51-16-50-34)31(43)30(42(24)4)28(20)32(45)33(17)48-5;;;2-1(3)4/h6-10,22,25-27,32-33,38,43,46-47H,11-12,14-17H2,1-5H3;6-10,21,24-25,30-31,36,38,41,44-46H,11-16H2,1-5H3;1H4;;(H,2,3,4)/t22-,25+,26+,27+,32-,33-,38-,41-;21-,24+,25+,30-,31-,36-,38+,40-;;;/m11.../s1. The zero-order valence-electron chi connectivity index (χ0n) is 63.0. The Morgan fingerprint density at radius 1 is 0.611 bits per heavy atom. The van der Waals surface area contributed by atoms with Crippen molar-refractivity contribution in [2.45, 2.75) is 169 Å². The number of hydrogen-bond donors (Lipinski definition) is 8. The number of piperazine rings is 2. The zero-order chi connectivity index (χ0) is 77.6. The summed E-state index contributed by atoms with van der Waals surface area (Å²) < 4.78 is 62.3. The van der Waals surface area contributed by atoms with Crippen molar-refractivity contribution >= 4 is 57.4 Å². The molecule has 2 aromatic heterocycles. The van der Waals surface area contributed by atoms with Gasteiger partial charge in [0.15, 0.2) is 57.1 Å². The molecule has 0 unspecified atom stereocenters. The summed E-state index contributed by atoms with van der Waals surface area (Å²) in [7, 11) is 7.23. The van der Waals surface area contributed by atoms with Gasteiger partial charge in [-0.3, -0.25) is 30.2 Å². The fraction of sp³-hybridized carbons (Fsp3) is 0.476. The largest absolute Gasteiger partial charge is 0.504 e. The van der Waals surface area contributed by atoms with Crippen LogP contribution in [0.2, 0.25) is 0 Å². The molecule has 22 rings (SSSR count). The number of aryl methyl sites for hydroxylation is 2. The van der Waals surface area contributed by atoms with E-state index in [0.29, 0.717) is 82.9 Å². The smallest absolute Gasteiger partial charge is 0.335 e. The van der Waals surface area contributed by atoms with Crippen molar-refractivity contribution in [1.82, 2.24) is 30.2 Å². The van der Waals surface area contributed by atoms with Crippen LogP contribution in [0.15, 0.2) is 69.5 Å². The van der Waals surface area contributed by atoms with Crippen molar-refractivity contribution in [3.8, 4) is 52.1 Å². The number of nitriles is 1. The van der Waals surface area contributed by atoms with Crippen molar-refractivity contribution < 1.29 is 115 Å². The van der Waals surface area contributed by atoms with E-state index in [9.17, 15) is 40.4 Å². The summed E-state index contributed by atoms with van der Waals surface area (Å²) in [4.78, 5) is 46.9. The second kappa shape index (κ2) is 29.0. The molecule has 31 heteroatoms. The fourth-order valence-electron chi connectivity index (χ4n) is 21.2. The first-order chi connectivity index (χ1) is 53.4. The molecule has 16 atom stereocenters. The quantitative estimate of drug-likeness (QED) is 0.0352. The number of ether oxygens (including phenoxy) is 8. The SMILES string of the molecule is C.COc1c(C)cc2c(c1O)[C@@H]1[C@@H]3[C@@H]4SC[C@]5(N[C@@H](CO)Cc6c5oc5ccccc65)C(=O)OC[C@@H](c5c6c(c(C)c(C)c54)OCO6)N3[C@@H](C#N)[C@H](C2)N1C.COc1c(C)cc2c(c1O)[C@@H]1[C@@H]3[C@@H]4SC[C@]5(N[C@@H](CO)Cc6c5oc5ccccc65)C(=O)OC[C@@H](c5c6c(c(C)c(C)c54)OCO6)N3[C@@H](O)[C@H](C2)N1C.O=[N+]([O-])O.[Ag]. The van der Waals surface area contributed by atoms with Gasteiger partial charge in [-0.25, -0.2) is 9.59 Å². The van der Waals surface area contributed by atoms with Crippen LogP contribution >= 0.6 is 23.5 Å². The monoisotopic (exact) mass is 1680 g/mol. The summed E-state index contributed by atoms with van der Waals surface area (Å²) in [6, 6.07) is 17.8. The Bertz CT molecular complexity index is 5300. The van der Waals surface area contributed by atoms with E-state index in [-0.39, 0.29) is 134 Å². The topological polar surface area (TPSA) is 360 Å². The van der Waals surface area contributed by atoms with Crippen molar-refractivity contribution in [1.29, 1.82) is 5.26 Å². The van der Waals surface area contributed by atoms with Gasteiger partial charge in [0.2, 0.25) is 13.6 Å². The van der Waals surface area contributed by atoms with Crippen LogP contribution in [0.25, 0.3) is 21.9 Å². The number of aromatic hydroxyl groups is 2. The molecular weight excluding hydrogens is 1590 g/mol. The Morgan fingerprint density at radius 2 is 1.02 bits per heavy atom. The molecule has 0 saturated carbocycles. The number of nitrogens with one attached hydrogen (secondary N) is 2. The maximum absolute atomic E-state index is 14.9. The number of aliphatic hydroxyl groups excluding tert-OH is 3. The number of para-hydroxylation sites is 2. The van der Waals surface area contributed by atoms with Crippen LogP contribution < -0.4 is 39.1 Å². The van der Waals surface area contributed by atoms with E-state index in [4.69, 9.17) is 62.1 Å². The molecule has 1 radical (unpaired) electrons. The predicted octanol–water partition coefficient (Wildman–Crippen LogP) is 9.24. The molecule has 14 aliphatic heterocycles. The first-order valence-corrected chi connectivity index (χ1v) is 39.5. The van der Waals surface area contributed by atoms with E-state index in [1.54, 1.807) is 37.7 Å². The first kappa shape index (κ1) is 78.4. The number of aliphatic hydroxyl groups is 3. The second-order valence-electron chi connectivity index (χ2n) is 31.2. The molecule has 4 fully saturated rings. The summed E-state index contributed by atoms with van der Waals surface area (Å²) in [6.07, 6.45) is 1.10. The summed E-state index contributed by atoms with van der Waals surface area (Å²) in [5.41, 5.74) is 13.4. The van der Waals surface area contributed by atoms with Gasteiger partial charge >= 0.3 is 11.9 Å². The number of benzene rings is 6. The number of hydrogen-bond acceptors (Lipinski definition) is 28. The first-order valence-electron chi connectivity index (χ1n) is 37.4. The molecule has 16 heterocycles. The third-order valence-electron chi connectivity index (χ3n) is 26.0. The minimum absolute atomic E-state index is 0. The molecule has 6 aromatic carbocycles. The van der Waals surface area contributed by atoms with Crippen LogP contribution in [0.5, 0.6) is 46.0 Å². The molecular formula is C82H90AgN8O20S2. The number of phenolic OH excluding ortho intramolecular Hbond substituents is 2. The van der Waals surface area contributed by atoms with Gasteiger partial charge in [0.1, 0.15) is 48.2 Å². The van der Waals surface area contributed by atoms with E-state index in [0.717, 1.165) is 99.8 Å². The van der Waals surface area contributed by atoms with Crippen LogP contribution in [0.3, 0.4) is 0 Å². The number of rotatable bonds is 4. The van der Waals surface area contributed by atoms with Gasteiger partial charge < -0.3 is 77.5 Å². The minimum atomic E-state index is -1.50. The van der Waals surface area contributed by atoms with Crippen molar-refractivity contribution in [3.63, 3.8) is 0 Å². The number of thioether (sulfide) groups is 2. The molecule has 8 N–H and O–H groups in total. The Labute approximate surface area is 675 Å². The predicted molar refractivity (Wildman–Crippen MR) is 410 cm³/mol. The molecule has 0 aliphatic carbocycles. The van der Waals surface area contributed by atoms with Crippen molar-refractivity contribution in [2.24, 2.45) is 0 Å². The number of fused-ring (bicyclic) bond motifs is 22. The Kier molecular flexibility index (Phi) is 20.2. The third kappa shape index (κ3) is 11.3. The number of likely N-dealkylation sites (N-methyl/N-ethyl adjacent to an activating group) is 2. The number of furan rings is 2. The number of esters is 2. The molecule has 4 saturated heterocycles. The van der Waals surface area contributed by atoms with E-state index >= 15 is 0 Å². The average Bonchev–Trinajstić information content (AvgIpc) is 1.23. The van der Waals surface area contributed by atoms with Gasteiger partial charge in [0.25, 0.3) is 5.09 Å². The van der Waals surface area contributed by atoms with Gasteiger partial charge in [-0.1, -0.05) is 56.0 Å². The van der Waals surface area contributed by atoms with Gasteiger partial charge in [-0.15, -0.1) is 33.6 Å². The maximum atomic E-state index is 14.9. The van der Waals surface area contributed by atoms with Gasteiger partial charge in [0.05, 0.1) is 63.7 Å². The summed E-state index contributed by atoms with van der Waals surface area (Å²) in [5.74, 6) is 4.13. The van der Waals surface area contributed by atoms with E-state index in [1.165, 1.54) is 0 Å². The zero-order valence-corrected chi connectivity index (χ0v) is 66.2. The van der Waals surface area contributed by atoms with Crippen molar-refractivity contribution in [3.05, 3.63) is 171 Å². The van der Waals surface area contributed by atoms with E-state index < -0.39 is 70.6 Å². The normalized spacial score (nSPS) is 29.8. The molecule has 8 aromatic rings. The van der Waals surface area contributed by atoms with E-state index in [2.05, 4.69) is 69.3 Å². The number of nitrogens with zero attached hydrogens (tertiary/aromatic N) is 6. The van der Waals surface area contributed by atoms with Crippen LogP contribution in [-0.2, 0) is 78.2 Å². The third-order valence-corrected chi connectivity index (χ3v) is 29.0. The molecule has 0 amide bonds. The molecule has 601 valence electrons.